The highest BCUT2D eigenvalue weighted by molar-refractivity contribution is 6.00. The number of esters is 1. The number of carboxylic acid groups (broad SMARTS) is 1. The van der Waals surface area contributed by atoms with E-state index in [2.05, 4.69) is 16.0 Å². The second-order valence-electron chi connectivity index (χ2n) is 9.15. The first-order valence-electron chi connectivity index (χ1n) is 13.4. The number of halogens is 3. The number of hydrogen-bond donors (Lipinski definition) is 6. The van der Waals surface area contributed by atoms with Crippen molar-refractivity contribution in [2.45, 2.75) is 31.7 Å². The third-order valence-corrected chi connectivity index (χ3v) is 5.64. The number of benzene rings is 3. The standard InChI is InChI=1S/C28H33N3O6.C2HF3O2/c1-2-36-27(34)21-10-14-23(15-11-21)31-28(35)30-22-12-8-20(9-13-22)16-24(18-32)29-17-25(33)19-37-26-6-4-3-5-7-26;3-2(4,5)1(6)7/h3-15,24-25,29,32-33H,2,16-19H2,1H3,(H2,30,31,35);(H,6,7)/t24-,25-;/m0./s1. The van der Waals surface area contributed by atoms with Gasteiger partial charge in [0.25, 0.3) is 0 Å². The van der Waals surface area contributed by atoms with E-state index in [0.29, 0.717) is 35.7 Å². The summed E-state index contributed by atoms with van der Waals surface area (Å²) < 4.78 is 42.2. The van der Waals surface area contributed by atoms with Crippen molar-refractivity contribution in [2.24, 2.45) is 0 Å². The Morgan fingerprint density at radius 1 is 0.886 bits per heavy atom. The molecule has 0 aliphatic heterocycles. The summed E-state index contributed by atoms with van der Waals surface area (Å²) in [5.41, 5.74) is 2.51. The first-order valence-corrected chi connectivity index (χ1v) is 13.4. The molecule has 0 bridgehead atoms. The fourth-order valence-electron chi connectivity index (χ4n) is 3.48. The minimum Gasteiger partial charge on any atom is -0.491 e. The van der Waals surface area contributed by atoms with Crippen molar-refractivity contribution in [1.82, 2.24) is 5.32 Å². The Labute approximate surface area is 251 Å². The Morgan fingerprint density at radius 2 is 1.43 bits per heavy atom. The van der Waals surface area contributed by atoms with Crippen molar-refractivity contribution < 1.29 is 52.3 Å². The number of carbonyl (C=O) groups excluding carboxylic acids is 2. The molecule has 14 heteroatoms. The maximum Gasteiger partial charge on any atom is 0.490 e. The molecule has 0 saturated heterocycles. The third-order valence-electron chi connectivity index (χ3n) is 5.64. The zero-order chi connectivity index (χ0) is 32.5. The van der Waals surface area contributed by atoms with Gasteiger partial charge in [0.15, 0.2) is 0 Å². The molecule has 44 heavy (non-hydrogen) atoms. The summed E-state index contributed by atoms with van der Waals surface area (Å²) in [7, 11) is 0. The molecule has 0 saturated carbocycles. The van der Waals surface area contributed by atoms with Gasteiger partial charge in [0.2, 0.25) is 0 Å². The molecule has 238 valence electrons. The first kappa shape index (κ1) is 35.5. The molecule has 0 aliphatic rings. The molecule has 2 atom stereocenters. The van der Waals surface area contributed by atoms with Crippen molar-refractivity contribution in [1.29, 1.82) is 0 Å². The summed E-state index contributed by atoms with van der Waals surface area (Å²) in [5.74, 6) is -2.48. The van der Waals surface area contributed by atoms with E-state index in [1.807, 2.05) is 42.5 Å². The van der Waals surface area contributed by atoms with Crippen molar-refractivity contribution in [3.05, 3.63) is 90.0 Å². The average Bonchev–Trinajstić information content (AvgIpc) is 3.00. The van der Waals surface area contributed by atoms with Gasteiger partial charge < -0.3 is 40.7 Å². The van der Waals surface area contributed by atoms with E-state index in [0.717, 1.165) is 5.56 Å². The maximum absolute atomic E-state index is 12.3. The lowest BCUT2D eigenvalue weighted by Crippen LogP contribution is -2.41. The fraction of sp³-hybridized carbons (Fsp3) is 0.300. The molecule has 0 heterocycles. The fourth-order valence-corrected chi connectivity index (χ4v) is 3.48. The van der Waals surface area contributed by atoms with E-state index in [1.165, 1.54) is 0 Å². The number of aliphatic carboxylic acids is 1. The molecule has 3 aromatic rings. The molecule has 2 amide bonds. The predicted octanol–water partition coefficient (Wildman–Crippen LogP) is 4.07. The number of hydrogen-bond acceptors (Lipinski definition) is 8. The van der Waals surface area contributed by atoms with E-state index in [-0.39, 0.29) is 25.8 Å². The minimum absolute atomic E-state index is 0.0936. The monoisotopic (exact) mass is 621 g/mol. The van der Waals surface area contributed by atoms with Crippen LogP contribution < -0.4 is 20.7 Å². The van der Waals surface area contributed by atoms with Gasteiger partial charge in [-0.3, -0.25) is 0 Å². The van der Waals surface area contributed by atoms with Gasteiger partial charge in [0, 0.05) is 24.0 Å². The number of rotatable bonds is 13. The quantitative estimate of drug-likeness (QED) is 0.154. The second-order valence-corrected chi connectivity index (χ2v) is 9.15. The van der Waals surface area contributed by atoms with E-state index in [9.17, 15) is 33.0 Å². The normalized spacial score (nSPS) is 12.1. The Hall–Kier alpha value is -4.66. The highest BCUT2D eigenvalue weighted by atomic mass is 19.4. The number of nitrogens with one attached hydrogen (secondary N) is 3. The number of ether oxygens (including phenoxy) is 2. The van der Waals surface area contributed by atoms with Crippen molar-refractivity contribution in [3.8, 4) is 5.75 Å². The van der Waals surface area contributed by atoms with Crippen molar-refractivity contribution in [3.63, 3.8) is 0 Å². The summed E-state index contributed by atoms with van der Waals surface area (Å²) >= 11 is 0. The Kier molecular flexibility index (Phi) is 14.6. The number of para-hydroxylation sites is 1. The van der Waals surface area contributed by atoms with Crippen LogP contribution in [0.15, 0.2) is 78.9 Å². The van der Waals surface area contributed by atoms with Crippen LogP contribution >= 0.6 is 0 Å². The number of urea groups is 1. The molecular weight excluding hydrogens is 587 g/mol. The SMILES string of the molecule is CCOC(=O)c1ccc(NC(=O)Nc2ccc(C[C@@H](CO)NC[C@H](O)COc3ccccc3)cc2)cc1.O=C(O)C(F)(F)F. The summed E-state index contributed by atoms with van der Waals surface area (Å²) in [4.78, 5) is 32.9. The summed E-state index contributed by atoms with van der Waals surface area (Å²) in [6.07, 6.45) is -5.26. The Morgan fingerprint density at radius 3 is 1.93 bits per heavy atom. The van der Waals surface area contributed by atoms with Crippen LogP contribution in [0.3, 0.4) is 0 Å². The highest BCUT2D eigenvalue weighted by Crippen LogP contribution is 2.15. The molecule has 3 aromatic carbocycles. The van der Waals surface area contributed by atoms with Crippen LogP contribution in [0.1, 0.15) is 22.8 Å². The highest BCUT2D eigenvalue weighted by Gasteiger charge is 2.38. The lowest BCUT2D eigenvalue weighted by atomic mass is 10.1. The van der Waals surface area contributed by atoms with E-state index in [1.54, 1.807) is 43.3 Å². The molecule has 11 nitrogen and oxygen atoms in total. The number of alkyl halides is 3. The third kappa shape index (κ3) is 13.5. The molecule has 0 radical (unpaired) electrons. The van der Waals surface area contributed by atoms with Crippen molar-refractivity contribution >= 4 is 29.3 Å². The van der Waals surface area contributed by atoms with Gasteiger partial charge in [-0.15, -0.1) is 0 Å². The lowest BCUT2D eigenvalue weighted by Gasteiger charge is -2.19. The van der Waals surface area contributed by atoms with E-state index in [4.69, 9.17) is 19.4 Å². The van der Waals surface area contributed by atoms with Crippen LogP contribution in [0.5, 0.6) is 5.75 Å². The number of aliphatic hydroxyl groups is 2. The first-order chi connectivity index (χ1) is 20.9. The smallest absolute Gasteiger partial charge is 0.490 e. The topological polar surface area (TPSA) is 166 Å². The van der Waals surface area contributed by atoms with Gasteiger partial charge in [0.05, 0.1) is 18.8 Å². The number of carbonyl (C=O) groups is 3. The lowest BCUT2D eigenvalue weighted by molar-refractivity contribution is -0.192. The molecule has 0 aliphatic carbocycles. The zero-order valence-electron chi connectivity index (χ0n) is 23.7. The van der Waals surface area contributed by atoms with Crippen LogP contribution in [0.2, 0.25) is 0 Å². The van der Waals surface area contributed by atoms with Crippen LogP contribution in [0, 0.1) is 0 Å². The number of aliphatic hydroxyl groups excluding tert-OH is 2. The zero-order valence-corrected chi connectivity index (χ0v) is 23.7. The summed E-state index contributed by atoms with van der Waals surface area (Å²) in [6, 6.07) is 22.3. The minimum atomic E-state index is -5.08. The molecule has 0 spiro atoms. The van der Waals surface area contributed by atoms with Crippen LogP contribution in [0.25, 0.3) is 0 Å². The van der Waals surface area contributed by atoms with Gasteiger partial charge in [0.1, 0.15) is 18.5 Å². The van der Waals surface area contributed by atoms with Crippen LogP contribution in [-0.2, 0) is 16.0 Å². The van der Waals surface area contributed by atoms with Crippen LogP contribution in [0.4, 0.5) is 29.3 Å². The van der Waals surface area contributed by atoms with E-state index >= 15 is 0 Å². The summed E-state index contributed by atoms with van der Waals surface area (Å²) in [5, 5.41) is 35.7. The molecular formula is C30H34F3N3O8. The van der Waals surface area contributed by atoms with Gasteiger partial charge in [-0.2, -0.15) is 13.2 Å². The van der Waals surface area contributed by atoms with Crippen LogP contribution in [-0.4, -0.2) is 78.0 Å². The predicted molar refractivity (Wildman–Crippen MR) is 156 cm³/mol. The molecule has 0 aromatic heterocycles. The number of carboxylic acids is 1. The Bertz CT molecular complexity index is 1310. The largest absolute Gasteiger partial charge is 0.491 e. The molecule has 0 unspecified atom stereocenters. The molecule has 6 N–H and O–H groups in total. The average molecular weight is 622 g/mol. The van der Waals surface area contributed by atoms with Gasteiger partial charge in [-0.25, -0.2) is 14.4 Å². The Balaban J connectivity index is 0.000000860. The van der Waals surface area contributed by atoms with E-state index < -0.39 is 30.2 Å². The van der Waals surface area contributed by atoms with Gasteiger partial charge in [-0.05, 0) is 67.4 Å². The number of amides is 2. The number of anilines is 2. The molecule has 3 rings (SSSR count). The van der Waals surface area contributed by atoms with Gasteiger partial charge >= 0.3 is 24.1 Å². The molecule has 0 fully saturated rings. The van der Waals surface area contributed by atoms with Gasteiger partial charge in [-0.1, -0.05) is 30.3 Å². The summed E-state index contributed by atoms with van der Waals surface area (Å²) in [6.45, 7) is 2.36. The van der Waals surface area contributed by atoms with Crippen molar-refractivity contribution in [2.75, 3.05) is 37.0 Å². The maximum atomic E-state index is 12.3. The second kappa shape index (κ2) is 18.1.